The molecule has 1 aromatic carbocycles. The van der Waals surface area contributed by atoms with E-state index in [1.807, 2.05) is 29.2 Å². The normalized spacial score (nSPS) is 20.6. The van der Waals surface area contributed by atoms with Gasteiger partial charge in [0.15, 0.2) is 0 Å². The van der Waals surface area contributed by atoms with Crippen LogP contribution in [0, 0.1) is 5.92 Å². The first kappa shape index (κ1) is 17.1. The van der Waals surface area contributed by atoms with Crippen molar-refractivity contribution in [2.75, 3.05) is 20.1 Å². The molecule has 1 aromatic rings. The molecule has 2 aliphatic rings. The van der Waals surface area contributed by atoms with Crippen molar-refractivity contribution in [3.05, 3.63) is 34.9 Å². The fourth-order valence-corrected chi connectivity index (χ4v) is 3.32. The monoisotopic (exact) mass is 349 g/mol. The Morgan fingerprint density at radius 1 is 1.29 bits per heavy atom. The Hall–Kier alpha value is -1.75. The number of hydrogen-bond donors (Lipinski definition) is 1. The van der Waals surface area contributed by atoms with Gasteiger partial charge in [-0.2, -0.15) is 0 Å². The zero-order valence-electron chi connectivity index (χ0n) is 14.0. The van der Waals surface area contributed by atoms with Gasteiger partial charge in [0.1, 0.15) is 0 Å². The summed E-state index contributed by atoms with van der Waals surface area (Å²) in [5, 5.41) is 3.72. The number of nitrogens with zero attached hydrogens (tertiary/aromatic N) is 2. The quantitative estimate of drug-likeness (QED) is 0.908. The number of carbonyl (C=O) groups excluding carboxylic acids is 2. The Morgan fingerprint density at radius 2 is 2.04 bits per heavy atom. The Morgan fingerprint density at radius 3 is 2.75 bits per heavy atom. The maximum Gasteiger partial charge on any atom is 0.317 e. The average molecular weight is 350 g/mol. The van der Waals surface area contributed by atoms with E-state index in [0.717, 1.165) is 37.8 Å². The highest BCUT2D eigenvalue weighted by Gasteiger charge is 2.35. The lowest BCUT2D eigenvalue weighted by molar-refractivity contribution is -0.133. The lowest BCUT2D eigenvalue weighted by Gasteiger charge is -2.34. The fraction of sp³-hybridized carbons (Fsp3) is 0.556. The number of amides is 3. The van der Waals surface area contributed by atoms with E-state index in [9.17, 15) is 9.59 Å². The summed E-state index contributed by atoms with van der Waals surface area (Å²) in [5.74, 6) is 0.501. The van der Waals surface area contributed by atoms with Crippen molar-refractivity contribution in [3.63, 3.8) is 0 Å². The number of likely N-dealkylation sites (tertiary alicyclic amines) is 1. The van der Waals surface area contributed by atoms with E-state index < -0.39 is 0 Å². The van der Waals surface area contributed by atoms with Gasteiger partial charge in [0.2, 0.25) is 5.91 Å². The van der Waals surface area contributed by atoms with Gasteiger partial charge < -0.3 is 15.1 Å². The van der Waals surface area contributed by atoms with E-state index in [4.69, 9.17) is 11.6 Å². The Labute approximate surface area is 147 Å². The molecule has 24 heavy (non-hydrogen) atoms. The van der Waals surface area contributed by atoms with Crippen molar-refractivity contribution < 1.29 is 9.59 Å². The second-order valence-corrected chi connectivity index (χ2v) is 7.20. The smallest absolute Gasteiger partial charge is 0.317 e. The molecule has 1 aliphatic heterocycles. The molecule has 3 amide bonds. The minimum absolute atomic E-state index is 0.0302. The maximum atomic E-state index is 12.4. The van der Waals surface area contributed by atoms with Gasteiger partial charge >= 0.3 is 6.03 Å². The summed E-state index contributed by atoms with van der Waals surface area (Å²) >= 11 is 6.15. The molecule has 3 rings (SSSR count). The zero-order chi connectivity index (χ0) is 17.1. The van der Waals surface area contributed by atoms with Gasteiger partial charge in [-0.3, -0.25) is 4.79 Å². The number of rotatable bonds is 4. The van der Waals surface area contributed by atoms with Gasteiger partial charge in [-0.1, -0.05) is 29.8 Å². The third-order valence-electron chi connectivity index (χ3n) is 4.70. The predicted octanol–water partition coefficient (Wildman–Crippen LogP) is 2.88. The molecule has 1 unspecified atom stereocenters. The molecule has 0 aromatic heterocycles. The molecule has 2 fully saturated rings. The highest BCUT2D eigenvalue weighted by atomic mass is 35.5. The van der Waals surface area contributed by atoms with E-state index in [-0.39, 0.29) is 23.9 Å². The molecule has 0 spiro atoms. The van der Waals surface area contributed by atoms with Gasteiger partial charge in [0, 0.05) is 43.7 Å². The maximum absolute atomic E-state index is 12.4. The summed E-state index contributed by atoms with van der Waals surface area (Å²) in [6.07, 6.45) is 3.90. The van der Waals surface area contributed by atoms with Crippen molar-refractivity contribution in [2.45, 2.75) is 38.3 Å². The molecule has 1 N–H and O–H groups in total. The van der Waals surface area contributed by atoms with Gasteiger partial charge in [-0.25, -0.2) is 4.79 Å². The van der Waals surface area contributed by atoms with Gasteiger partial charge in [-0.15, -0.1) is 0 Å². The van der Waals surface area contributed by atoms with Crippen molar-refractivity contribution in [2.24, 2.45) is 5.92 Å². The SMILES string of the molecule is CN(Cc1ccccc1Cl)C(=O)NC1CCCN(C(=O)C2CC2)C1. The van der Waals surface area contributed by atoms with E-state index in [0.29, 0.717) is 18.1 Å². The largest absolute Gasteiger partial charge is 0.340 e. The second-order valence-electron chi connectivity index (χ2n) is 6.79. The Bertz CT molecular complexity index is 618. The van der Waals surface area contributed by atoms with Crippen LogP contribution in [0.5, 0.6) is 0 Å². The summed E-state index contributed by atoms with van der Waals surface area (Å²) in [6.45, 7) is 1.90. The van der Waals surface area contributed by atoms with Crippen molar-refractivity contribution in [1.82, 2.24) is 15.1 Å². The average Bonchev–Trinajstić information content (AvgIpc) is 3.41. The number of piperidine rings is 1. The number of benzene rings is 1. The van der Waals surface area contributed by atoms with Gasteiger partial charge in [0.25, 0.3) is 0 Å². The van der Waals surface area contributed by atoms with Crippen LogP contribution in [-0.4, -0.2) is 47.9 Å². The number of carbonyl (C=O) groups is 2. The lowest BCUT2D eigenvalue weighted by atomic mass is 10.1. The topological polar surface area (TPSA) is 52.7 Å². The van der Waals surface area contributed by atoms with Crippen LogP contribution in [0.3, 0.4) is 0 Å². The van der Waals surface area contributed by atoms with Crippen LogP contribution in [0.15, 0.2) is 24.3 Å². The number of nitrogens with one attached hydrogen (secondary N) is 1. The molecule has 1 heterocycles. The first-order chi connectivity index (χ1) is 11.5. The van der Waals surface area contributed by atoms with Crippen LogP contribution in [0.4, 0.5) is 4.79 Å². The molecule has 1 atom stereocenters. The first-order valence-corrected chi connectivity index (χ1v) is 8.96. The minimum atomic E-state index is -0.124. The highest BCUT2D eigenvalue weighted by Crippen LogP contribution is 2.31. The molecular formula is C18H24ClN3O2. The molecule has 130 valence electrons. The first-order valence-electron chi connectivity index (χ1n) is 8.58. The highest BCUT2D eigenvalue weighted by molar-refractivity contribution is 6.31. The number of urea groups is 1. The molecule has 6 heteroatoms. The zero-order valence-corrected chi connectivity index (χ0v) is 14.8. The molecule has 1 saturated heterocycles. The molecular weight excluding hydrogens is 326 g/mol. The van der Waals surface area contributed by atoms with E-state index in [1.54, 1.807) is 11.9 Å². The third-order valence-corrected chi connectivity index (χ3v) is 5.07. The second kappa shape index (κ2) is 7.43. The predicted molar refractivity (Wildman–Crippen MR) is 93.8 cm³/mol. The van der Waals surface area contributed by atoms with Crippen LogP contribution in [0.25, 0.3) is 0 Å². The molecule has 1 aliphatic carbocycles. The Kier molecular flexibility index (Phi) is 5.29. The van der Waals surface area contributed by atoms with Crippen molar-refractivity contribution in [3.8, 4) is 0 Å². The van der Waals surface area contributed by atoms with Crippen LogP contribution in [0.2, 0.25) is 5.02 Å². The lowest BCUT2D eigenvalue weighted by Crippen LogP contribution is -2.52. The standard InChI is InChI=1S/C18H24ClN3O2/c1-21(11-14-5-2-3-7-16(14)19)18(24)20-15-6-4-10-22(12-15)17(23)13-8-9-13/h2-3,5,7,13,15H,4,6,8-12H2,1H3,(H,20,24). The van der Waals surface area contributed by atoms with Crippen LogP contribution < -0.4 is 5.32 Å². The molecule has 0 radical (unpaired) electrons. The molecule has 5 nitrogen and oxygen atoms in total. The molecule has 1 saturated carbocycles. The number of hydrogen-bond acceptors (Lipinski definition) is 2. The summed E-state index contributed by atoms with van der Waals surface area (Å²) < 4.78 is 0. The summed E-state index contributed by atoms with van der Waals surface area (Å²) in [5.41, 5.74) is 0.922. The van der Waals surface area contributed by atoms with Crippen LogP contribution >= 0.6 is 11.6 Å². The summed E-state index contributed by atoms with van der Waals surface area (Å²) in [4.78, 5) is 28.2. The minimum Gasteiger partial charge on any atom is -0.340 e. The van der Waals surface area contributed by atoms with Gasteiger partial charge in [-0.05, 0) is 37.3 Å². The molecule has 0 bridgehead atoms. The summed E-state index contributed by atoms with van der Waals surface area (Å²) in [6, 6.07) is 7.44. The van der Waals surface area contributed by atoms with Crippen LogP contribution in [-0.2, 0) is 11.3 Å². The fourth-order valence-electron chi connectivity index (χ4n) is 3.12. The van der Waals surface area contributed by atoms with Crippen LogP contribution in [0.1, 0.15) is 31.2 Å². The van der Waals surface area contributed by atoms with E-state index in [1.165, 1.54) is 0 Å². The summed E-state index contributed by atoms with van der Waals surface area (Å²) in [7, 11) is 1.76. The van der Waals surface area contributed by atoms with Crippen molar-refractivity contribution >= 4 is 23.5 Å². The van der Waals surface area contributed by atoms with Gasteiger partial charge in [0.05, 0.1) is 0 Å². The van der Waals surface area contributed by atoms with E-state index in [2.05, 4.69) is 5.32 Å². The number of halogens is 1. The van der Waals surface area contributed by atoms with E-state index >= 15 is 0 Å². The van der Waals surface area contributed by atoms with Crippen molar-refractivity contribution in [1.29, 1.82) is 0 Å². The Balaban J connectivity index is 1.51. The third kappa shape index (κ3) is 4.20.